The van der Waals surface area contributed by atoms with Crippen LogP contribution in [0, 0.1) is 6.92 Å². The van der Waals surface area contributed by atoms with E-state index in [-0.39, 0.29) is 5.91 Å². The molecule has 7 heteroatoms. The normalized spacial score (nSPS) is 10.8. The van der Waals surface area contributed by atoms with E-state index in [2.05, 4.69) is 25.6 Å². The molecule has 156 valence electrons. The molecule has 2 N–H and O–H groups in total. The van der Waals surface area contributed by atoms with Gasteiger partial charge in [0.05, 0.1) is 10.5 Å². The van der Waals surface area contributed by atoms with Gasteiger partial charge in [0.25, 0.3) is 5.91 Å². The van der Waals surface area contributed by atoms with Gasteiger partial charge < -0.3 is 10.6 Å². The number of carbonyl (C=O) groups is 1. The molecule has 0 fully saturated rings. The molecule has 0 spiro atoms. The van der Waals surface area contributed by atoms with Gasteiger partial charge in [0.15, 0.2) is 0 Å². The van der Waals surface area contributed by atoms with E-state index in [1.165, 1.54) is 0 Å². The highest BCUT2D eigenvalue weighted by molar-refractivity contribution is 6.31. The summed E-state index contributed by atoms with van der Waals surface area (Å²) in [5.41, 5.74) is 5.14. The zero-order valence-electron chi connectivity index (χ0n) is 17.3. The maximum Gasteiger partial charge on any atom is 0.251 e. The fourth-order valence-corrected chi connectivity index (χ4v) is 3.61. The third-order valence-corrected chi connectivity index (χ3v) is 5.31. The van der Waals surface area contributed by atoms with Crippen LogP contribution in [0.2, 0.25) is 5.02 Å². The average molecular weight is 432 g/mol. The summed E-state index contributed by atoms with van der Waals surface area (Å²) in [5.74, 6) is 0.653. The van der Waals surface area contributed by atoms with Crippen LogP contribution in [0.3, 0.4) is 0 Å². The molecule has 0 unspecified atom stereocenters. The molecule has 0 aliphatic heterocycles. The second-order valence-electron chi connectivity index (χ2n) is 7.23. The van der Waals surface area contributed by atoms with Crippen LogP contribution in [0.5, 0.6) is 0 Å². The standard InChI is InChI=1S/C24H22ClN5O/c1-15-19(6-7-22(26-2)30-15)13-29-24(31)18-8-9-27-21(12-18)11-17-5-3-4-16-10-20(25)14-28-23(16)17/h3-10,12,14H,11,13H2,1-2H3,(H,26,30)(H,29,31). The Balaban J connectivity index is 1.49. The van der Waals surface area contributed by atoms with Crippen molar-refractivity contribution in [3.8, 4) is 0 Å². The number of carbonyl (C=O) groups excluding carboxylic acids is 1. The lowest BCUT2D eigenvalue weighted by atomic mass is 10.0. The quantitative estimate of drug-likeness (QED) is 0.468. The summed E-state index contributed by atoms with van der Waals surface area (Å²) < 4.78 is 0. The van der Waals surface area contributed by atoms with Crippen LogP contribution < -0.4 is 10.6 Å². The fraction of sp³-hybridized carbons (Fsp3) is 0.167. The molecule has 4 aromatic rings. The van der Waals surface area contributed by atoms with Gasteiger partial charge >= 0.3 is 0 Å². The number of nitrogens with zero attached hydrogens (tertiary/aromatic N) is 3. The largest absolute Gasteiger partial charge is 0.373 e. The Morgan fingerprint density at radius 2 is 1.94 bits per heavy atom. The maximum absolute atomic E-state index is 12.7. The number of halogens is 1. The topological polar surface area (TPSA) is 79.8 Å². The Morgan fingerprint density at radius 1 is 1.06 bits per heavy atom. The molecule has 1 aromatic carbocycles. The van der Waals surface area contributed by atoms with Gasteiger partial charge in [0.2, 0.25) is 0 Å². The molecule has 0 atom stereocenters. The minimum absolute atomic E-state index is 0.149. The predicted octanol–water partition coefficient (Wildman–Crippen LogP) is 4.55. The van der Waals surface area contributed by atoms with Crippen molar-refractivity contribution in [2.45, 2.75) is 19.9 Å². The van der Waals surface area contributed by atoms with Crippen molar-refractivity contribution in [3.63, 3.8) is 0 Å². The molecule has 3 heterocycles. The highest BCUT2D eigenvalue weighted by Gasteiger charge is 2.10. The Morgan fingerprint density at radius 3 is 2.74 bits per heavy atom. The third kappa shape index (κ3) is 4.81. The van der Waals surface area contributed by atoms with Crippen LogP contribution in [0.15, 0.2) is 60.9 Å². The number of para-hydroxylation sites is 1. The fourth-order valence-electron chi connectivity index (χ4n) is 3.44. The van der Waals surface area contributed by atoms with Crippen LogP contribution in [0.4, 0.5) is 5.82 Å². The lowest BCUT2D eigenvalue weighted by molar-refractivity contribution is 0.0950. The molecule has 3 aromatic heterocycles. The van der Waals surface area contributed by atoms with Gasteiger partial charge in [0.1, 0.15) is 5.82 Å². The molecule has 6 nitrogen and oxygen atoms in total. The van der Waals surface area contributed by atoms with E-state index in [0.717, 1.165) is 39.2 Å². The van der Waals surface area contributed by atoms with Crippen molar-refractivity contribution in [2.24, 2.45) is 0 Å². The molecule has 0 bridgehead atoms. The van der Waals surface area contributed by atoms with E-state index in [0.29, 0.717) is 23.6 Å². The first-order chi connectivity index (χ1) is 15.0. The van der Waals surface area contributed by atoms with Gasteiger partial charge in [-0.3, -0.25) is 14.8 Å². The van der Waals surface area contributed by atoms with Crippen molar-refractivity contribution in [1.29, 1.82) is 0 Å². The number of hydrogen-bond acceptors (Lipinski definition) is 5. The van der Waals surface area contributed by atoms with Crippen molar-refractivity contribution in [2.75, 3.05) is 12.4 Å². The van der Waals surface area contributed by atoms with Gasteiger partial charge in [-0.1, -0.05) is 35.9 Å². The average Bonchev–Trinajstić information content (AvgIpc) is 2.78. The summed E-state index contributed by atoms with van der Waals surface area (Å²) >= 11 is 6.06. The number of rotatable bonds is 6. The second kappa shape index (κ2) is 9.10. The molecule has 0 radical (unpaired) electrons. The zero-order valence-corrected chi connectivity index (χ0v) is 18.1. The Labute approximate surface area is 185 Å². The van der Waals surface area contributed by atoms with Gasteiger partial charge in [-0.05, 0) is 42.3 Å². The lowest BCUT2D eigenvalue weighted by Crippen LogP contribution is -2.23. The SMILES string of the molecule is CNc1ccc(CNC(=O)c2ccnc(Cc3cccc4cc(Cl)cnc34)c2)c(C)n1. The summed E-state index contributed by atoms with van der Waals surface area (Å²) in [7, 11) is 1.83. The van der Waals surface area contributed by atoms with E-state index in [1.807, 2.05) is 56.4 Å². The number of fused-ring (bicyclic) bond motifs is 1. The van der Waals surface area contributed by atoms with Crippen LogP contribution in [-0.2, 0) is 13.0 Å². The van der Waals surface area contributed by atoms with E-state index in [9.17, 15) is 4.79 Å². The summed E-state index contributed by atoms with van der Waals surface area (Å²) in [4.78, 5) is 26.1. The molecule has 31 heavy (non-hydrogen) atoms. The molecular formula is C24H22ClN5O. The first kappa shape index (κ1) is 20.8. The summed E-state index contributed by atoms with van der Waals surface area (Å²) in [5, 5.41) is 7.56. The zero-order chi connectivity index (χ0) is 21.8. The predicted molar refractivity (Wildman–Crippen MR) is 123 cm³/mol. The highest BCUT2D eigenvalue weighted by atomic mass is 35.5. The highest BCUT2D eigenvalue weighted by Crippen LogP contribution is 2.22. The van der Waals surface area contributed by atoms with Gasteiger partial charge in [-0.15, -0.1) is 0 Å². The first-order valence-corrected chi connectivity index (χ1v) is 10.3. The maximum atomic E-state index is 12.7. The molecule has 0 saturated carbocycles. The van der Waals surface area contributed by atoms with Crippen LogP contribution >= 0.6 is 11.6 Å². The summed E-state index contributed by atoms with van der Waals surface area (Å²) in [6.07, 6.45) is 3.88. The molecule has 0 aliphatic carbocycles. The minimum Gasteiger partial charge on any atom is -0.373 e. The van der Waals surface area contributed by atoms with E-state index in [1.54, 1.807) is 18.5 Å². The number of benzene rings is 1. The van der Waals surface area contributed by atoms with Crippen molar-refractivity contribution >= 4 is 34.2 Å². The Hall–Kier alpha value is -3.51. The van der Waals surface area contributed by atoms with Gasteiger partial charge in [-0.25, -0.2) is 4.98 Å². The Bertz CT molecular complexity index is 1260. The Kier molecular flexibility index (Phi) is 6.09. The first-order valence-electron chi connectivity index (χ1n) is 9.94. The number of pyridine rings is 3. The second-order valence-corrected chi connectivity index (χ2v) is 7.67. The number of aryl methyl sites for hydroxylation is 1. The molecule has 0 aliphatic rings. The minimum atomic E-state index is -0.149. The van der Waals surface area contributed by atoms with Crippen molar-refractivity contribution in [3.05, 3.63) is 94.0 Å². The van der Waals surface area contributed by atoms with E-state index in [4.69, 9.17) is 11.6 Å². The molecule has 0 saturated heterocycles. The number of anilines is 1. The van der Waals surface area contributed by atoms with Crippen LogP contribution in [0.1, 0.15) is 32.9 Å². The van der Waals surface area contributed by atoms with E-state index < -0.39 is 0 Å². The van der Waals surface area contributed by atoms with Crippen molar-refractivity contribution < 1.29 is 4.79 Å². The van der Waals surface area contributed by atoms with Gasteiger partial charge in [0, 0.05) is 54.7 Å². The number of hydrogen-bond donors (Lipinski definition) is 2. The van der Waals surface area contributed by atoms with Gasteiger partial charge in [-0.2, -0.15) is 0 Å². The molecular weight excluding hydrogens is 410 g/mol. The van der Waals surface area contributed by atoms with E-state index >= 15 is 0 Å². The summed E-state index contributed by atoms with van der Waals surface area (Å²) in [6.45, 7) is 2.34. The number of aromatic nitrogens is 3. The third-order valence-electron chi connectivity index (χ3n) is 5.10. The number of nitrogens with one attached hydrogen (secondary N) is 2. The monoisotopic (exact) mass is 431 g/mol. The molecule has 4 rings (SSSR count). The van der Waals surface area contributed by atoms with Crippen molar-refractivity contribution in [1.82, 2.24) is 20.3 Å². The van der Waals surface area contributed by atoms with Crippen LogP contribution in [-0.4, -0.2) is 27.9 Å². The smallest absolute Gasteiger partial charge is 0.251 e. The number of amides is 1. The lowest BCUT2D eigenvalue weighted by Gasteiger charge is -2.10. The molecule has 1 amide bonds. The van der Waals surface area contributed by atoms with Crippen LogP contribution in [0.25, 0.3) is 10.9 Å². The summed E-state index contributed by atoms with van der Waals surface area (Å²) in [6, 6.07) is 15.3.